The van der Waals surface area contributed by atoms with E-state index in [4.69, 9.17) is 4.74 Å². The van der Waals surface area contributed by atoms with Crippen LogP contribution in [0.2, 0.25) is 0 Å². The predicted molar refractivity (Wildman–Crippen MR) is 111 cm³/mol. The molecule has 0 fully saturated rings. The fourth-order valence-electron chi connectivity index (χ4n) is 3.61. The van der Waals surface area contributed by atoms with Crippen LogP contribution >= 0.6 is 11.3 Å². The quantitative estimate of drug-likeness (QED) is 0.695. The number of fused-ring (bicyclic) bond motifs is 1. The molecule has 5 heteroatoms. The van der Waals surface area contributed by atoms with E-state index >= 15 is 0 Å². The van der Waals surface area contributed by atoms with Crippen molar-refractivity contribution in [1.29, 1.82) is 0 Å². The molecule has 0 amide bonds. The predicted octanol–water partition coefficient (Wildman–Crippen LogP) is 4.80. The molecule has 1 aromatic carbocycles. The highest BCUT2D eigenvalue weighted by Gasteiger charge is 2.26. The van der Waals surface area contributed by atoms with Crippen molar-refractivity contribution >= 4 is 17.3 Å². The Bertz CT molecular complexity index is 784. The van der Waals surface area contributed by atoms with Crippen molar-refractivity contribution in [2.45, 2.75) is 77.8 Å². The van der Waals surface area contributed by atoms with Crippen molar-refractivity contribution in [3.63, 3.8) is 0 Å². The van der Waals surface area contributed by atoms with Gasteiger partial charge in [0.25, 0.3) is 5.19 Å². The number of carbonyl (C=O) groups excluding carboxylic acids is 1. The van der Waals surface area contributed by atoms with Crippen molar-refractivity contribution in [1.82, 2.24) is 10.3 Å². The first-order valence-electron chi connectivity index (χ1n) is 9.98. The summed E-state index contributed by atoms with van der Waals surface area (Å²) in [7, 11) is 0. The molecular weight excluding hydrogens is 356 g/mol. The van der Waals surface area contributed by atoms with E-state index in [9.17, 15) is 4.79 Å². The lowest BCUT2D eigenvalue weighted by Gasteiger charge is -2.29. The Balaban J connectivity index is 1.63. The average Bonchev–Trinajstić information content (AvgIpc) is 3.10. The molecule has 0 aliphatic heterocycles. The monoisotopic (exact) mass is 386 g/mol. The smallest absolute Gasteiger partial charge is 0.330 e. The number of thiazole rings is 1. The van der Waals surface area contributed by atoms with Crippen LogP contribution in [0, 0.1) is 6.92 Å². The summed E-state index contributed by atoms with van der Waals surface area (Å²) in [5.41, 5.74) is 4.16. The zero-order valence-corrected chi connectivity index (χ0v) is 17.6. The van der Waals surface area contributed by atoms with Gasteiger partial charge in [-0.05, 0) is 49.7 Å². The molecule has 2 aromatic rings. The average molecular weight is 387 g/mol. The van der Waals surface area contributed by atoms with E-state index in [1.54, 1.807) is 6.20 Å². The Labute approximate surface area is 166 Å². The van der Waals surface area contributed by atoms with Gasteiger partial charge in [0.2, 0.25) is 0 Å². The minimum atomic E-state index is -0.279. The number of aromatic nitrogens is 1. The van der Waals surface area contributed by atoms with Gasteiger partial charge in [0, 0.05) is 17.1 Å². The molecule has 146 valence electrons. The molecule has 27 heavy (non-hydrogen) atoms. The fraction of sp³-hybridized carbons (Fsp3) is 0.545. The maximum atomic E-state index is 12.7. The van der Waals surface area contributed by atoms with Crippen molar-refractivity contribution in [3.05, 3.63) is 46.0 Å². The van der Waals surface area contributed by atoms with Gasteiger partial charge in [-0.1, -0.05) is 62.3 Å². The van der Waals surface area contributed by atoms with Crippen LogP contribution in [-0.4, -0.2) is 23.0 Å². The number of benzene rings is 1. The van der Waals surface area contributed by atoms with Gasteiger partial charge in [0.1, 0.15) is 6.04 Å². The van der Waals surface area contributed by atoms with E-state index in [1.807, 2.05) is 0 Å². The van der Waals surface area contributed by atoms with Crippen LogP contribution in [0.15, 0.2) is 24.4 Å². The Morgan fingerprint density at radius 2 is 2.19 bits per heavy atom. The normalized spacial score (nSPS) is 17.6. The molecule has 1 aromatic heterocycles. The SMILES string of the molecule is CCCC(NC1CCc2cc(C)ccc2C1)C(=O)Oc1ncc(C(C)C)s1. The van der Waals surface area contributed by atoms with Crippen LogP contribution in [0.3, 0.4) is 0 Å². The molecule has 0 bridgehead atoms. The highest BCUT2D eigenvalue weighted by atomic mass is 32.1. The Hall–Kier alpha value is -1.72. The standard InChI is InChI=1S/C22H30N2O2S/c1-5-6-19(21(25)26-22-23-13-20(27-22)14(2)3)24-18-10-9-16-11-15(4)7-8-17(16)12-18/h7-8,11,13-14,18-19,24H,5-6,9-10,12H2,1-4H3. The second kappa shape index (κ2) is 8.98. The van der Waals surface area contributed by atoms with Gasteiger partial charge in [-0.25, -0.2) is 9.78 Å². The molecule has 1 aliphatic carbocycles. The van der Waals surface area contributed by atoms with Gasteiger partial charge in [-0.3, -0.25) is 0 Å². The summed E-state index contributed by atoms with van der Waals surface area (Å²) in [6.45, 7) is 8.47. The first-order chi connectivity index (χ1) is 13.0. The molecular formula is C22H30N2O2S. The minimum Gasteiger partial charge on any atom is -0.397 e. The minimum absolute atomic E-state index is 0.212. The molecule has 0 spiro atoms. The van der Waals surface area contributed by atoms with Crippen LogP contribution in [0.5, 0.6) is 5.19 Å². The molecule has 0 saturated carbocycles. The van der Waals surface area contributed by atoms with E-state index < -0.39 is 0 Å². The number of nitrogens with one attached hydrogen (secondary N) is 1. The molecule has 2 atom stereocenters. The number of carbonyl (C=O) groups is 1. The molecule has 4 nitrogen and oxygen atoms in total. The van der Waals surface area contributed by atoms with Gasteiger partial charge in [0.15, 0.2) is 0 Å². The number of rotatable bonds is 7. The van der Waals surface area contributed by atoms with Crippen LogP contribution < -0.4 is 10.1 Å². The topological polar surface area (TPSA) is 51.2 Å². The van der Waals surface area contributed by atoms with Gasteiger partial charge in [-0.15, -0.1) is 0 Å². The molecule has 1 N–H and O–H groups in total. The van der Waals surface area contributed by atoms with Crippen molar-refractivity contribution in [3.8, 4) is 5.19 Å². The lowest BCUT2D eigenvalue weighted by atomic mass is 9.87. The zero-order valence-electron chi connectivity index (χ0n) is 16.7. The van der Waals surface area contributed by atoms with E-state index in [0.29, 0.717) is 17.2 Å². The summed E-state index contributed by atoms with van der Waals surface area (Å²) < 4.78 is 5.59. The number of ether oxygens (including phenoxy) is 1. The van der Waals surface area contributed by atoms with E-state index in [-0.39, 0.29) is 12.0 Å². The molecule has 2 unspecified atom stereocenters. The van der Waals surface area contributed by atoms with Gasteiger partial charge in [0.05, 0.1) is 0 Å². The molecule has 1 aliphatic rings. The zero-order chi connectivity index (χ0) is 19.4. The Kier molecular flexibility index (Phi) is 6.66. The van der Waals surface area contributed by atoms with Crippen LogP contribution in [0.25, 0.3) is 0 Å². The summed E-state index contributed by atoms with van der Waals surface area (Å²) in [6, 6.07) is 6.73. The first kappa shape index (κ1) is 20.0. The number of hydrogen-bond donors (Lipinski definition) is 1. The van der Waals surface area contributed by atoms with Crippen LogP contribution in [0.1, 0.15) is 67.5 Å². The molecule has 1 heterocycles. The first-order valence-corrected chi connectivity index (χ1v) is 10.8. The fourth-order valence-corrected chi connectivity index (χ4v) is 4.38. The molecule has 3 rings (SSSR count). The number of aryl methyl sites for hydroxylation is 2. The lowest BCUT2D eigenvalue weighted by molar-refractivity contribution is -0.137. The summed E-state index contributed by atoms with van der Waals surface area (Å²) in [5, 5.41) is 4.02. The number of esters is 1. The van der Waals surface area contributed by atoms with Gasteiger partial charge < -0.3 is 10.1 Å². The van der Waals surface area contributed by atoms with E-state index in [0.717, 1.165) is 37.0 Å². The molecule has 0 radical (unpaired) electrons. The van der Waals surface area contributed by atoms with Crippen LogP contribution in [0.4, 0.5) is 0 Å². The van der Waals surface area contributed by atoms with Crippen LogP contribution in [-0.2, 0) is 17.6 Å². The maximum Gasteiger partial charge on any atom is 0.330 e. The highest BCUT2D eigenvalue weighted by molar-refractivity contribution is 7.13. The van der Waals surface area contributed by atoms with E-state index in [1.165, 1.54) is 28.0 Å². The van der Waals surface area contributed by atoms with Gasteiger partial charge >= 0.3 is 5.97 Å². The van der Waals surface area contributed by atoms with Crippen molar-refractivity contribution in [2.24, 2.45) is 0 Å². The summed E-state index contributed by atoms with van der Waals surface area (Å²) in [4.78, 5) is 18.1. The lowest BCUT2D eigenvalue weighted by Crippen LogP contribution is -2.47. The molecule has 0 saturated heterocycles. The van der Waals surface area contributed by atoms with Gasteiger partial charge in [-0.2, -0.15) is 0 Å². The summed E-state index contributed by atoms with van der Waals surface area (Å²) in [6.07, 6.45) is 6.60. The third-order valence-corrected chi connectivity index (χ3v) is 6.32. The highest BCUT2D eigenvalue weighted by Crippen LogP contribution is 2.27. The Morgan fingerprint density at radius 3 is 2.89 bits per heavy atom. The second-order valence-corrected chi connectivity index (χ2v) is 8.85. The van der Waals surface area contributed by atoms with Crippen molar-refractivity contribution < 1.29 is 9.53 Å². The largest absolute Gasteiger partial charge is 0.397 e. The third-order valence-electron chi connectivity index (χ3n) is 5.15. The Morgan fingerprint density at radius 1 is 1.37 bits per heavy atom. The maximum absolute atomic E-state index is 12.7. The summed E-state index contributed by atoms with van der Waals surface area (Å²) >= 11 is 1.46. The van der Waals surface area contributed by atoms with E-state index in [2.05, 4.69) is 56.2 Å². The number of nitrogens with zero attached hydrogens (tertiary/aromatic N) is 1. The van der Waals surface area contributed by atoms with Crippen molar-refractivity contribution in [2.75, 3.05) is 0 Å². The summed E-state index contributed by atoms with van der Waals surface area (Å²) in [5.74, 6) is 0.182. The number of hydrogen-bond acceptors (Lipinski definition) is 5. The second-order valence-electron chi connectivity index (χ2n) is 7.82. The third kappa shape index (κ3) is 5.17.